The molecule has 3 heterocycles. The number of hydrogen-bond donors (Lipinski definition) is 0. The highest BCUT2D eigenvalue weighted by Gasteiger charge is 2.24. The molecule has 0 aromatic carbocycles. The molecule has 21 heavy (non-hydrogen) atoms. The molecule has 5 nitrogen and oxygen atoms in total. The van der Waals surface area contributed by atoms with Crippen LogP contribution in [0.5, 0.6) is 0 Å². The van der Waals surface area contributed by atoms with E-state index in [9.17, 15) is 4.79 Å². The highest BCUT2D eigenvalue weighted by molar-refractivity contribution is 7.18. The van der Waals surface area contributed by atoms with Crippen molar-refractivity contribution in [1.82, 2.24) is 14.9 Å². The van der Waals surface area contributed by atoms with Gasteiger partial charge in [0.1, 0.15) is 17.0 Å². The maximum atomic E-state index is 12.0. The van der Waals surface area contributed by atoms with E-state index in [1.165, 1.54) is 4.88 Å². The van der Waals surface area contributed by atoms with Crippen LogP contribution < -0.4 is 4.90 Å². The van der Waals surface area contributed by atoms with Gasteiger partial charge in [0.15, 0.2) is 0 Å². The van der Waals surface area contributed by atoms with E-state index in [1.54, 1.807) is 17.7 Å². The van der Waals surface area contributed by atoms with E-state index in [4.69, 9.17) is 0 Å². The number of hydrogen-bond acceptors (Lipinski definition) is 5. The van der Waals surface area contributed by atoms with Gasteiger partial charge in [-0.1, -0.05) is 13.8 Å². The van der Waals surface area contributed by atoms with E-state index >= 15 is 0 Å². The normalized spacial score (nSPS) is 16.0. The largest absolute Gasteiger partial charge is 0.352 e. The Labute approximate surface area is 128 Å². The molecule has 1 amide bonds. The molecule has 1 aliphatic rings. The van der Waals surface area contributed by atoms with Crippen LogP contribution in [-0.4, -0.2) is 47.0 Å². The van der Waals surface area contributed by atoms with Crippen LogP contribution in [0, 0.1) is 12.8 Å². The second kappa shape index (κ2) is 5.60. The van der Waals surface area contributed by atoms with E-state index in [2.05, 4.69) is 27.9 Å². The lowest BCUT2D eigenvalue weighted by Gasteiger charge is -2.36. The minimum absolute atomic E-state index is 0.0711. The quantitative estimate of drug-likeness (QED) is 0.854. The molecule has 1 saturated heterocycles. The number of nitrogens with zero attached hydrogens (tertiary/aromatic N) is 4. The molecule has 112 valence electrons. The van der Waals surface area contributed by atoms with Crippen LogP contribution in [0.3, 0.4) is 0 Å². The van der Waals surface area contributed by atoms with Crippen molar-refractivity contribution < 1.29 is 4.79 Å². The summed E-state index contributed by atoms with van der Waals surface area (Å²) in [5.41, 5.74) is 0. The van der Waals surface area contributed by atoms with Gasteiger partial charge in [-0.15, -0.1) is 11.3 Å². The molecule has 0 saturated carbocycles. The molecule has 0 atom stereocenters. The van der Waals surface area contributed by atoms with Crippen molar-refractivity contribution in [2.45, 2.75) is 20.8 Å². The second-order valence-corrected chi connectivity index (χ2v) is 6.97. The fraction of sp³-hybridized carbons (Fsp3) is 0.533. The SMILES string of the molecule is Cc1cc2c(N3CCN(C(=O)C(C)C)CC3)ncnc2s1. The van der Waals surface area contributed by atoms with E-state index in [0.29, 0.717) is 0 Å². The van der Waals surface area contributed by atoms with Crippen molar-refractivity contribution in [3.05, 3.63) is 17.3 Å². The van der Waals surface area contributed by atoms with Crippen LogP contribution in [-0.2, 0) is 4.79 Å². The molecule has 1 fully saturated rings. The predicted octanol–water partition coefficient (Wildman–Crippen LogP) is 2.30. The van der Waals surface area contributed by atoms with Crippen LogP contribution in [0.2, 0.25) is 0 Å². The van der Waals surface area contributed by atoms with Gasteiger partial charge in [-0.3, -0.25) is 4.79 Å². The fourth-order valence-corrected chi connectivity index (χ4v) is 3.56. The van der Waals surface area contributed by atoms with Crippen molar-refractivity contribution in [2.24, 2.45) is 5.92 Å². The molecule has 0 aliphatic carbocycles. The van der Waals surface area contributed by atoms with Crippen molar-refractivity contribution in [3.8, 4) is 0 Å². The summed E-state index contributed by atoms with van der Waals surface area (Å²) in [7, 11) is 0. The first kappa shape index (κ1) is 14.3. The lowest BCUT2D eigenvalue weighted by molar-refractivity contribution is -0.134. The number of carbonyl (C=O) groups is 1. The van der Waals surface area contributed by atoms with E-state index in [1.807, 2.05) is 18.7 Å². The maximum absolute atomic E-state index is 12.0. The molecule has 0 bridgehead atoms. The summed E-state index contributed by atoms with van der Waals surface area (Å²) < 4.78 is 0. The Hall–Kier alpha value is -1.69. The van der Waals surface area contributed by atoms with Crippen molar-refractivity contribution in [2.75, 3.05) is 31.1 Å². The molecular weight excluding hydrogens is 284 g/mol. The number of amides is 1. The predicted molar refractivity (Wildman–Crippen MR) is 85.8 cm³/mol. The summed E-state index contributed by atoms with van der Waals surface area (Å²) in [5, 5.41) is 1.13. The molecule has 0 spiro atoms. The molecule has 0 unspecified atom stereocenters. The topological polar surface area (TPSA) is 49.3 Å². The first-order valence-corrected chi connectivity index (χ1v) is 8.13. The number of fused-ring (bicyclic) bond motifs is 1. The van der Waals surface area contributed by atoms with Gasteiger partial charge in [0, 0.05) is 37.0 Å². The summed E-state index contributed by atoms with van der Waals surface area (Å²) in [6.45, 7) is 9.21. The molecule has 3 rings (SSSR count). The standard InChI is InChI=1S/C15H20N4OS/c1-10(2)15(20)19-6-4-18(5-7-19)13-12-8-11(3)21-14(12)17-9-16-13/h8-10H,4-7H2,1-3H3. The number of rotatable bonds is 2. The van der Waals surface area contributed by atoms with Gasteiger partial charge >= 0.3 is 0 Å². The van der Waals surface area contributed by atoms with Crippen LogP contribution in [0.15, 0.2) is 12.4 Å². The number of piperazine rings is 1. The highest BCUT2D eigenvalue weighted by atomic mass is 32.1. The summed E-state index contributed by atoms with van der Waals surface area (Å²) in [6, 6.07) is 2.15. The zero-order valence-electron chi connectivity index (χ0n) is 12.7. The van der Waals surface area contributed by atoms with Gasteiger partial charge in [0.25, 0.3) is 0 Å². The summed E-state index contributed by atoms with van der Waals surface area (Å²) in [4.78, 5) is 27.4. The number of aryl methyl sites for hydroxylation is 1. The Kier molecular flexibility index (Phi) is 3.80. The molecular formula is C15H20N4OS. The number of carbonyl (C=O) groups excluding carboxylic acids is 1. The molecule has 2 aromatic rings. The average molecular weight is 304 g/mol. The molecule has 0 radical (unpaired) electrons. The van der Waals surface area contributed by atoms with Crippen molar-refractivity contribution >= 4 is 33.3 Å². The van der Waals surface area contributed by atoms with E-state index in [-0.39, 0.29) is 11.8 Å². The van der Waals surface area contributed by atoms with Crippen LogP contribution >= 0.6 is 11.3 Å². The number of aromatic nitrogens is 2. The zero-order chi connectivity index (χ0) is 15.0. The molecule has 2 aromatic heterocycles. The Morgan fingerprint density at radius 3 is 2.62 bits per heavy atom. The summed E-state index contributed by atoms with van der Waals surface area (Å²) in [5.74, 6) is 1.32. The molecule has 6 heteroatoms. The van der Waals surface area contributed by atoms with Crippen LogP contribution in [0.25, 0.3) is 10.2 Å². The van der Waals surface area contributed by atoms with E-state index in [0.717, 1.165) is 42.2 Å². The lowest BCUT2D eigenvalue weighted by Crippen LogP contribution is -2.50. The lowest BCUT2D eigenvalue weighted by atomic mass is 10.1. The summed E-state index contributed by atoms with van der Waals surface area (Å²) in [6.07, 6.45) is 1.64. The van der Waals surface area contributed by atoms with Gasteiger partial charge in [0.2, 0.25) is 5.91 Å². The maximum Gasteiger partial charge on any atom is 0.225 e. The first-order valence-electron chi connectivity index (χ1n) is 7.31. The van der Waals surface area contributed by atoms with Crippen molar-refractivity contribution in [1.29, 1.82) is 0 Å². The highest BCUT2D eigenvalue weighted by Crippen LogP contribution is 2.30. The zero-order valence-corrected chi connectivity index (χ0v) is 13.5. The van der Waals surface area contributed by atoms with Gasteiger partial charge in [0.05, 0.1) is 5.39 Å². The molecule has 1 aliphatic heterocycles. The number of anilines is 1. The van der Waals surface area contributed by atoms with Gasteiger partial charge < -0.3 is 9.80 Å². The second-order valence-electron chi connectivity index (χ2n) is 5.74. The number of thiophene rings is 1. The fourth-order valence-electron chi connectivity index (χ4n) is 2.72. The van der Waals surface area contributed by atoms with Crippen LogP contribution in [0.4, 0.5) is 5.82 Å². The summed E-state index contributed by atoms with van der Waals surface area (Å²) >= 11 is 1.70. The average Bonchev–Trinajstić information content (AvgIpc) is 2.86. The Bertz CT molecular complexity index is 659. The van der Waals surface area contributed by atoms with Crippen LogP contribution in [0.1, 0.15) is 18.7 Å². The third-order valence-corrected chi connectivity index (χ3v) is 4.77. The molecule has 0 N–H and O–H groups in total. The monoisotopic (exact) mass is 304 g/mol. The first-order chi connectivity index (χ1) is 10.1. The minimum atomic E-state index is 0.0711. The van der Waals surface area contributed by atoms with Gasteiger partial charge in [-0.05, 0) is 13.0 Å². The Balaban J connectivity index is 1.78. The van der Waals surface area contributed by atoms with Crippen molar-refractivity contribution in [3.63, 3.8) is 0 Å². The van der Waals surface area contributed by atoms with Gasteiger partial charge in [-0.25, -0.2) is 9.97 Å². The third-order valence-electron chi connectivity index (χ3n) is 3.82. The van der Waals surface area contributed by atoms with Gasteiger partial charge in [-0.2, -0.15) is 0 Å². The minimum Gasteiger partial charge on any atom is -0.352 e. The smallest absolute Gasteiger partial charge is 0.225 e. The Morgan fingerprint density at radius 1 is 1.24 bits per heavy atom. The Morgan fingerprint density at radius 2 is 1.95 bits per heavy atom. The third kappa shape index (κ3) is 2.72. The van der Waals surface area contributed by atoms with E-state index < -0.39 is 0 Å².